The number of hydrogen-bond donors (Lipinski definition) is 1. The van der Waals surface area contributed by atoms with Gasteiger partial charge in [-0.15, -0.1) is 0 Å². The van der Waals surface area contributed by atoms with E-state index in [0.29, 0.717) is 22.9 Å². The molecule has 5 rings (SSSR count). The molecule has 8 nitrogen and oxygen atoms in total. The lowest BCUT2D eigenvalue weighted by Crippen LogP contribution is -2.25. The number of nitrogens with one attached hydrogen (secondary N) is 1. The Balaban J connectivity index is 1.46. The van der Waals surface area contributed by atoms with Crippen molar-refractivity contribution in [3.8, 4) is 17.1 Å². The highest BCUT2D eigenvalue weighted by molar-refractivity contribution is 6.31. The van der Waals surface area contributed by atoms with Crippen molar-refractivity contribution in [2.45, 2.75) is 32.7 Å². The lowest BCUT2D eigenvalue weighted by molar-refractivity contribution is 0.101. The normalized spacial score (nSPS) is 12.6. The molecule has 4 aromatic rings. The first-order chi connectivity index (χ1) is 16.9. The van der Waals surface area contributed by atoms with Crippen LogP contribution >= 0.6 is 11.6 Å². The standard InChI is InChI=1S/C26H25ClN4O4/c1-15-22(26(33)31(30(15)2)14-17-7-4-5-10-21(17)27)28-25(32)23-20-9-6-8-16-13-18(34-3)11-12-19(16)24(20)35-29-23/h4-5,7,10-13H,6,8-9,14H2,1-3H3,(H,28,32). The van der Waals surface area contributed by atoms with Crippen LogP contribution in [0.4, 0.5) is 5.69 Å². The molecule has 0 atom stereocenters. The van der Waals surface area contributed by atoms with Gasteiger partial charge in [-0.05, 0) is 61.6 Å². The van der Waals surface area contributed by atoms with E-state index in [0.717, 1.165) is 40.8 Å². The second-order valence-corrected chi connectivity index (χ2v) is 9.02. The van der Waals surface area contributed by atoms with Crippen LogP contribution in [0.5, 0.6) is 5.75 Å². The summed E-state index contributed by atoms with van der Waals surface area (Å²) in [6.45, 7) is 2.07. The summed E-state index contributed by atoms with van der Waals surface area (Å²) in [5, 5.41) is 7.46. The molecule has 0 bridgehead atoms. The molecule has 0 fully saturated rings. The maximum Gasteiger partial charge on any atom is 0.291 e. The van der Waals surface area contributed by atoms with Gasteiger partial charge in [0.15, 0.2) is 11.5 Å². The minimum atomic E-state index is -0.470. The average molecular weight is 493 g/mol. The molecule has 1 N–H and O–H groups in total. The van der Waals surface area contributed by atoms with Crippen molar-refractivity contribution >= 4 is 23.2 Å². The molecule has 2 aromatic carbocycles. The largest absolute Gasteiger partial charge is 0.497 e. The van der Waals surface area contributed by atoms with Gasteiger partial charge in [0.2, 0.25) is 0 Å². The molecule has 2 aromatic heterocycles. The Morgan fingerprint density at radius 1 is 1.23 bits per heavy atom. The zero-order valence-electron chi connectivity index (χ0n) is 19.7. The zero-order chi connectivity index (χ0) is 24.7. The van der Waals surface area contributed by atoms with Crippen molar-refractivity contribution in [2.75, 3.05) is 12.4 Å². The van der Waals surface area contributed by atoms with E-state index in [1.165, 1.54) is 0 Å². The molecule has 0 spiro atoms. The lowest BCUT2D eigenvalue weighted by atomic mass is 10.0. The van der Waals surface area contributed by atoms with E-state index in [1.807, 2.05) is 36.4 Å². The number of anilines is 1. The molecule has 0 saturated heterocycles. The van der Waals surface area contributed by atoms with Crippen LogP contribution in [0.25, 0.3) is 11.3 Å². The van der Waals surface area contributed by atoms with Crippen LogP contribution < -0.4 is 15.6 Å². The summed E-state index contributed by atoms with van der Waals surface area (Å²) in [4.78, 5) is 26.5. The van der Waals surface area contributed by atoms with Crippen LogP contribution in [0.2, 0.25) is 5.02 Å². The monoisotopic (exact) mass is 492 g/mol. The van der Waals surface area contributed by atoms with E-state index in [2.05, 4.69) is 10.5 Å². The number of halogens is 1. The molecule has 0 saturated carbocycles. The van der Waals surface area contributed by atoms with Crippen LogP contribution in [-0.2, 0) is 26.4 Å². The van der Waals surface area contributed by atoms with Gasteiger partial charge in [-0.25, -0.2) is 4.68 Å². The van der Waals surface area contributed by atoms with Gasteiger partial charge in [-0.3, -0.25) is 14.3 Å². The van der Waals surface area contributed by atoms with Gasteiger partial charge in [0.1, 0.15) is 11.4 Å². The number of aromatic nitrogens is 3. The van der Waals surface area contributed by atoms with Crippen LogP contribution in [0.1, 0.15) is 39.3 Å². The second kappa shape index (κ2) is 9.11. The van der Waals surface area contributed by atoms with E-state index in [1.54, 1.807) is 36.5 Å². The minimum absolute atomic E-state index is 0.198. The predicted octanol–water partition coefficient (Wildman–Crippen LogP) is 4.60. The summed E-state index contributed by atoms with van der Waals surface area (Å²) in [5.74, 6) is 0.895. The average Bonchev–Trinajstić information content (AvgIpc) is 3.29. The third-order valence-electron chi connectivity index (χ3n) is 6.61. The molecule has 0 aliphatic heterocycles. The molecule has 1 aliphatic carbocycles. The highest BCUT2D eigenvalue weighted by Crippen LogP contribution is 2.36. The van der Waals surface area contributed by atoms with Crippen molar-refractivity contribution < 1.29 is 14.1 Å². The zero-order valence-corrected chi connectivity index (χ0v) is 20.5. The van der Waals surface area contributed by atoms with Gasteiger partial charge in [-0.1, -0.05) is 35.0 Å². The fourth-order valence-electron chi connectivity index (χ4n) is 4.56. The highest BCUT2D eigenvalue weighted by Gasteiger charge is 2.28. The topological polar surface area (TPSA) is 91.3 Å². The van der Waals surface area contributed by atoms with Crippen LogP contribution in [0.15, 0.2) is 51.8 Å². The van der Waals surface area contributed by atoms with Crippen molar-refractivity contribution in [1.82, 2.24) is 14.5 Å². The smallest absolute Gasteiger partial charge is 0.291 e. The number of nitrogens with zero attached hydrogens (tertiary/aromatic N) is 3. The number of aryl methyl sites for hydroxylation is 1. The van der Waals surface area contributed by atoms with Gasteiger partial charge in [0.25, 0.3) is 11.5 Å². The number of carbonyl (C=O) groups excluding carboxylic acids is 1. The summed E-state index contributed by atoms with van der Waals surface area (Å²) in [6.07, 6.45) is 2.31. The summed E-state index contributed by atoms with van der Waals surface area (Å²) in [7, 11) is 3.41. The van der Waals surface area contributed by atoms with Gasteiger partial charge < -0.3 is 14.6 Å². The van der Waals surface area contributed by atoms with E-state index >= 15 is 0 Å². The number of ether oxygens (including phenoxy) is 1. The number of methoxy groups -OCH3 is 1. The molecule has 1 aliphatic rings. The Morgan fingerprint density at radius 3 is 2.80 bits per heavy atom. The number of benzene rings is 2. The van der Waals surface area contributed by atoms with Gasteiger partial charge in [0.05, 0.1) is 19.3 Å². The maximum atomic E-state index is 13.3. The molecule has 1 amide bonds. The highest BCUT2D eigenvalue weighted by atomic mass is 35.5. The third-order valence-corrected chi connectivity index (χ3v) is 6.98. The molecule has 2 heterocycles. The van der Waals surface area contributed by atoms with Gasteiger partial charge in [0, 0.05) is 23.2 Å². The fourth-order valence-corrected chi connectivity index (χ4v) is 4.75. The summed E-state index contributed by atoms with van der Waals surface area (Å²) < 4.78 is 14.3. The maximum absolute atomic E-state index is 13.3. The van der Waals surface area contributed by atoms with Gasteiger partial charge >= 0.3 is 0 Å². The van der Waals surface area contributed by atoms with Crippen LogP contribution in [0, 0.1) is 6.92 Å². The minimum Gasteiger partial charge on any atom is -0.497 e. The Morgan fingerprint density at radius 2 is 2.03 bits per heavy atom. The summed E-state index contributed by atoms with van der Waals surface area (Å²) in [5.41, 5.74) is 4.27. The van der Waals surface area contributed by atoms with Gasteiger partial charge in [-0.2, -0.15) is 0 Å². The van der Waals surface area contributed by atoms with Crippen molar-refractivity contribution in [1.29, 1.82) is 0 Å². The fraction of sp³-hybridized carbons (Fsp3) is 0.269. The third kappa shape index (κ3) is 4.04. The van der Waals surface area contributed by atoms with Crippen LogP contribution in [0.3, 0.4) is 0 Å². The van der Waals surface area contributed by atoms with E-state index in [9.17, 15) is 9.59 Å². The Bertz CT molecular complexity index is 1500. The Hall–Kier alpha value is -3.78. The van der Waals surface area contributed by atoms with E-state index < -0.39 is 5.91 Å². The first-order valence-corrected chi connectivity index (χ1v) is 11.7. The predicted molar refractivity (Wildman–Crippen MR) is 133 cm³/mol. The SMILES string of the molecule is COc1ccc2c(c1)CCCc1c(C(=O)Nc3c(C)n(C)n(Cc4ccccc4Cl)c3=O)noc1-2. The first kappa shape index (κ1) is 23.0. The number of hydrogen-bond acceptors (Lipinski definition) is 5. The molecule has 0 radical (unpaired) electrons. The molecule has 9 heteroatoms. The second-order valence-electron chi connectivity index (χ2n) is 8.61. The molecular formula is C26H25ClN4O4. The number of carbonyl (C=O) groups is 1. The number of rotatable bonds is 5. The number of amides is 1. The molecule has 180 valence electrons. The quantitative estimate of drug-likeness (QED) is 0.439. The number of fused-ring (bicyclic) bond motifs is 3. The van der Waals surface area contributed by atoms with Crippen LogP contribution in [-0.4, -0.2) is 27.5 Å². The summed E-state index contributed by atoms with van der Waals surface area (Å²) in [6, 6.07) is 13.1. The Kier molecular flexibility index (Phi) is 5.98. The van der Waals surface area contributed by atoms with Crippen molar-refractivity contribution in [3.05, 3.63) is 85.9 Å². The molecule has 0 unspecified atom stereocenters. The summed E-state index contributed by atoms with van der Waals surface area (Å²) >= 11 is 6.29. The molecule has 35 heavy (non-hydrogen) atoms. The van der Waals surface area contributed by atoms with Crippen molar-refractivity contribution in [2.24, 2.45) is 7.05 Å². The lowest BCUT2D eigenvalue weighted by Gasteiger charge is -2.09. The van der Waals surface area contributed by atoms with Crippen molar-refractivity contribution in [3.63, 3.8) is 0 Å². The first-order valence-electron chi connectivity index (χ1n) is 11.4. The molecular weight excluding hydrogens is 468 g/mol. The van der Waals surface area contributed by atoms with E-state index in [-0.39, 0.29) is 23.5 Å². The van der Waals surface area contributed by atoms with E-state index in [4.69, 9.17) is 20.9 Å². The Labute approximate surface area is 207 Å².